The molecule has 1 fully saturated rings. The number of benzene rings is 1. The first-order valence-electron chi connectivity index (χ1n) is 10.5. The third-order valence-electron chi connectivity index (χ3n) is 6.55. The van der Waals surface area contributed by atoms with E-state index in [0.717, 1.165) is 41.6 Å². The van der Waals surface area contributed by atoms with Crippen LogP contribution in [0.5, 0.6) is 11.5 Å². The molecule has 4 heterocycles. The van der Waals surface area contributed by atoms with Crippen LogP contribution < -0.4 is 9.47 Å². The lowest BCUT2D eigenvalue weighted by atomic mass is 9.79. The number of aryl methyl sites for hydroxylation is 1. The van der Waals surface area contributed by atoms with Gasteiger partial charge in [0.05, 0.1) is 43.7 Å². The fourth-order valence-electron chi connectivity index (χ4n) is 4.80. The first-order chi connectivity index (χ1) is 15.0. The Hall–Kier alpha value is -3.13. The zero-order valence-corrected chi connectivity index (χ0v) is 18.1. The molecule has 8 heteroatoms. The zero-order chi connectivity index (χ0) is 21.6. The minimum absolute atomic E-state index is 0.00575. The van der Waals surface area contributed by atoms with E-state index in [9.17, 15) is 4.79 Å². The third-order valence-corrected chi connectivity index (χ3v) is 6.55. The number of piperidine rings is 1. The van der Waals surface area contributed by atoms with Crippen LogP contribution in [0.4, 0.5) is 0 Å². The van der Waals surface area contributed by atoms with Crippen LogP contribution in [0.2, 0.25) is 0 Å². The van der Waals surface area contributed by atoms with Gasteiger partial charge in [-0.2, -0.15) is 5.10 Å². The number of fused-ring (bicyclic) bond motifs is 3. The second kappa shape index (κ2) is 7.53. The van der Waals surface area contributed by atoms with Crippen LogP contribution in [-0.2, 0) is 23.8 Å². The average Bonchev–Trinajstić information content (AvgIpc) is 3.18. The number of aromatic nitrogens is 3. The van der Waals surface area contributed by atoms with E-state index in [0.29, 0.717) is 31.0 Å². The molecule has 1 aromatic carbocycles. The summed E-state index contributed by atoms with van der Waals surface area (Å²) in [4.78, 5) is 19.4. The van der Waals surface area contributed by atoms with Crippen molar-refractivity contribution < 1.29 is 19.0 Å². The number of carbonyl (C=O) groups is 1. The van der Waals surface area contributed by atoms with Crippen molar-refractivity contribution in [3.8, 4) is 11.5 Å². The highest BCUT2D eigenvalue weighted by Gasteiger charge is 2.42. The zero-order valence-electron chi connectivity index (χ0n) is 18.1. The lowest BCUT2D eigenvalue weighted by molar-refractivity contribution is -0.0936. The quantitative estimate of drug-likeness (QED) is 0.646. The molecule has 0 radical (unpaired) electrons. The second-order valence-electron chi connectivity index (χ2n) is 8.15. The van der Waals surface area contributed by atoms with Crippen LogP contribution in [0.15, 0.2) is 30.6 Å². The predicted molar refractivity (Wildman–Crippen MR) is 115 cm³/mol. The number of carbonyl (C=O) groups excluding carboxylic acids is 1. The van der Waals surface area contributed by atoms with Gasteiger partial charge >= 0.3 is 0 Å². The Balaban J connectivity index is 1.39. The summed E-state index contributed by atoms with van der Waals surface area (Å²) in [5, 5.41) is 4.21. The van der Waals surface area contributed by atoms with Crippen molar-refractivity contribution in [2.45, 2.75) is 24.9 Å². The van der Waals surface area contributed by atoms with Gasteiger partial charge in [0, 0.05) is 26.3 Å². The van der Waals surface area contributed by atoms with Crippen molar-refractivity contribution in [1.82, 2.24) is 19.7 Å². The molecule has 0 saturated carbocycles. The summed E-state index contributed by atoms with van der Waals surface area (Å²) in [6.45, 7) is 1.91. The van der Waals surface area contributed by atoms with E-state index in [2.05, 4.69) is 16.1 Å². The number of hydrogen-bond acceptors (Lipinski definition) is 6. The number of likely N-dealkylation sites (tertiary alicyclic amines) is 1. The molecule has 0 bridgehead atoms. The van der Waals surface area contributed by atoms with Crippen LogP contribution >= 0.6 is 0 Å². The van der Waals surface area contributed by atoms with Gasteiger partial charge in [-0.15, -0.1) is 0 Å². The molecular weight excluding hydrogens is 396 g/mol. The molecule has 1 saturated heterocycles. The van der Waals surface area contributed by atoms with Gasteiger partial charge in [0.25, 0.3) is 5.91 Å². The lowest BCUT2D eigenvalue weighted by Crippen LogP contribution is -2.48. The standard InChI is InChI=1S/C23H26N4O4/c1-26-19-10-16(13-24-18(19)14-25-26)22(28)27-7-5-23(6-8-27)17-12-21(30-3)20(29-2)11-15(17)4-9-31-23/h10-14H,4-9H2,1-3H3. The van der Waals surface area contributed by atoms with E-state index >= 15 is 0 Å². The van der Waals surface area contributed by atoms with Crippen molar-refractivity contribution in [2.24, 2.45) is 7.05 Å². The van der Waals surface area contributed by atoms with E-state index < -0.39 is 5.60 Å². The van der Waals surface area contributed by atoms with E-state index in [-0.39, 0.29) is 5.91 Å². The predicted octanol–water partition coefficient (Wildman–Crippen LogP) is 2.69. The van der Waals surface area contributed by atoms with E-state index in [1.165, 1.54) is 5.56 Å². The highest BCUT2D eigenvalue weighted by atomic mass is 16.5. The monoisotopic (exact) mass is 422 g/mol. The molecule has 2 aliphatic rings. The fraction of sp³-hybridized carbons (Fsp3) is 0.435. The molecule has 31 heavy (non-hydrogen) atoms. The summed E-state index contributed by atoms with van der Waals surface area (Å²) in [5.74, 6) is 1.44. The molecule has 2 aromatic heterocycles. The van der Waals surface area contributed by atoms with Crippen molar-refractivity contribution in [3.63, 3.8) is 0 Å². The third kappa shape index (κ3) is 3.22. The van der Waals surface area contributed by atoms with E-state index in [1.54, 1.807) is 31.3 Å². The van der Waals surface area contributed by atoms with Gasteiger partial charge in [-0.25, -0.2) is 0 Å². The maximum absolute atomic E-state index is 13.2. The van der Waals surface area contributed by atoms with Crippen LogP contribution in [0.1, 0.15) is 34.3 Å². The average molecular weight is 422 g/mol. The maximum Gasteiger partial charge on any atom is 0.255 e. The molecule has 8 nitrogen and oxygen atoms in total. The highest BCUT2D eigenvalue weighted by molar-refractivity contribution is 5.96. The molecule has 0 N–H and O–H groups in total. The van der Waals surface area contributed by atoms with Gasteiger partial charge < -0.3 is 19.1 Å². The SMILES string of the molecule is COc1cc2c(cc1OC)C1(CCN(C(=O)c3cnc4cnn(C)c4c3)CC1)OCC2. The summed E-state index contributed by atoms with van der Waals surface area (Å²) in [7, 11) is 5.15. The largest absolute Gasteiger partial charge is 0.493 e. The Morgan fingerprint density at radius 3 is 2.58 bits per heavy atom. The lowest BCUT2D eigenvalue weighted by Gasteiger charge is -2.45. The van der Waals surface area contributed by atoms with Crippen molar-refractivity contribution in [3.05, 3.63) is 47.3 Å². The molecule has 0 atom stereocenters. The molecule has 1 amide bonds. The number of nitrogens with zero attached hydrogens (tertiary/aromatic N) is 4. The van der Waals surface area contributed by atoms with Gasteiger partial charge in [-0.3, -0.25) is 14.5 Å². The Morgan fingerprint density at radius 2 is 1.84 bits per heavy atom. The molecule has 0 aliphatic carbocycles. The minimum Gasteiger partial charge on any atom is -0.493 e. The number of hydrogen-bond donors (Lipinski definition) is 0. The van der Waals surface area contributed by atoms with Crippen LogP contribution in [0.3, 0.4) is 0 Å². The van der Waals surface area contributed by atoms with Crippen LogP contribution in [0.25, 0.3) is 11.0 Å². The molecule has 3 aromatic rings. The number of pyridine rings is 1. The smallest absolute Gasteiger partial charge is 0.255 e. The highest BCUT2D eigenvalue weighted by Crippen LogP contribution is 2.45. The Bertz CT molecular complexity index is 1150. The van der Waals surface area contributed by atoms with Gasteiger partial charge in [0.2, 0.25) is 0 Å². The van der Waals surface area contributed by atoms with E-state index in [1.807, 2.05) is 24.1 Å². The topological polar surface area (TPSA) is 78.7 Å². The fourth-order valence-corrected chi connectivity index (χ4v) is 4.80. The summed E-state index contributed by atoms with van der Waals surface area (Å²) >= 11 is 0. The summed E-state index contributed by atoms with van der Waals surface area (Å²) in [6.07, 6.45) is 5.66. The van der Waals surface area contributed by atoms with Crippen LogP contribution in [0, 0.1) is 0 Å². The normalized spacial score (nSPS) is 17.6. The Morgan fingerprint density at radius 1 is 1.10 bits per heavy atom. The van der Waals surface area contributed by atoms with Gasteiger partial charge in [-0.1, -0.05) is 0 Å². The van der Waals surface area contributed by atoms with Gasteiger partial charge in [-0.05, 0) is 48.6 Å². The van der Waals surface area contributed by atoms with Gasteiger partial charge in [0.15, 0.2) is 11.5 Å². The number of methoxy groups -OCH3 is 2. The van der Waals surface area contributed by atoms with Crippen molar-refractivity contribution in [1.29, 1.82) is 0 Å². The Labute approximate surface area is 180 Å². The number of ether oxygens (including phenoxy) is 3. The summed E-state index contributed by atoms with van der Waals surface area (Å²) in [5.41, 5.74) is 4.21. The molecule has 162 valence electrons. The molecule has 2 aliphatic heterocycles. The number of rotatable bonds is 3. The maximum atomic E-state index is 13.2. The van der Waals surface area contributed by atoms with Crippen molar-refractivity contribution in [2.75, 3.05) is 33.9 Å². The van der Waals surface area contributed by atoms with Crippen molar-refractivity contribution >= 4 is 16.9 Å². The summed E-state index contributed by atoms with van der Waals surface area (Å²) < 4.78 is 19.1. The first-order valence-corrected chi connectivity index (χ1v) is 10.5. The minimum atomic E-state index is -0.395. The van der Waals surface area contributed by atoms with Gasteiger partial charge in [0.1, 0.15) is 5.52 Å². The Kier molecular flexibility index (Phi) is 4.81. The molecule has 0 unspecified atom stereocenters. The number of amides is 1. The van der Waals surface area contributed by atoms with E-state index in [4.69, 9.17) is 14.2 Å². The molecule has 1 spiro atoms. The first kappa shape index (κ1) is 19.8. The summed E-state index contributed by atoms with van der Waals surface area (Å²) in [6, 6.07) is 5.97. The molecule has 5 rings (SSSR count). The van der Waals surface area contributed by atoms with Crippen LogP contribution in [-0.4, -0.2) is 59.5 Å². The molecular formula is C23H26N4O4. The second-order valence-corrected chi connectivity index (χ2v) is 8.15.